The van der Waals surface area contributed by atoms with Gasteiger partial charge < -0.3 is 5.32 Å². The van der Waals surface area contributed by atoms with Crippen LogP contribution in [0.2, 0.25) is 5.02 Å². The van der Waals surface area contributed by atoms with Gasteiger partial charge in [0.15, 0.2) is 0 Å². The van der Waals surface area contributed by atoms with Crippen molar-refractivity contribution in [1.29, 1.82) is 0 Å². The summed E-state index contributed by atoms with van der Waals surface area (Å²) in [6, 6.07) is 14.0. The van der Waals surface area contributed by atoms with Gasteiger partial charge in [-0.3, -0.25) is 18.7 Å². The molecule has 1 N–H and O–H groups in total. The first-order valence-corrected chi connectivity index (χ1v) is 11.2. The molecule has 0 amide bonds. The number of aromatic nitrogens is 3. The van der Waals surface area contributed by atoms with Gasteiger partial charge in [-0.15, -0.1) is 0 Å². The van der Waals surface area contributed by atoms with E-state index in [9.17, 15) is 14.4 Å². The number of para-hydroxylation sites is 1. The molecule has 0 unspecified atom stereocenters. The summed E-state index contributed by atoms with van der Waals surface area (Å²) in [5.74, 6) is 0. The van der Waals surface area contributed by atoms with Crippen LogP contribution in [-0.4, -0.2) is 13.7 Å². The molecule has 0 bridgehead atoms. The average molecular weight is 463 g/mol. The van der Waals surface area contributed by atoms with Crippen LogP contribution >= 0.6 is 11.6 Å². The van der Waals surface area contributed by atoms with Crippen molar-refractivity contribution in [2.24, 2.45) is 7.05 Å². The van der Waals surface area contributed by atoms with Crippen molar-refractivity contribution in [3.63, 3.8) is 0 Å². The van der Waals surface area contributed by atoms with Crippen LogP contribution in [0, 0.1) is 13.8 Å². The molecule has 2 aromatic heterocycles. The molecule has 1 aliphatic carbocycles. The minimum atomic E-state index is -0.425. The fraction of sp³-hybridized carbons (Fsp3) is 0.240. The van der Waals surface area contributed by atoms with Gasteiger partial charge in [-0.05, 0) is 62.1 Å². The summed E-state index contributed by atoms with van der Waals surface area (Å²) in [6.45, 7) is 3.84. The van der Waals surface area contributed by atoms with E-state index < -0.39 is 11.2 Å². The molecular formula is C25H23ClN4O3. The molecule has 8 heteroatoms. The molecule has 168 valence electrons. The third-order valence-corrected chi connectivity index (χ3v) is 6.40. The Hall–Kier alpha value is -3.58. The molecule has 0 saturated heterocycles. The summed E-state index contributed by atoms with van der Waals surface area (Å²) < 4.78 is 4.23. The zero-order valence-electron chi connectivity index (χ0n) is 18.6. The van der Waals surface area contributed by atoms with Gasteiger partial charge >= 0.3 is 5.69 Å². The van der Waals surface area contributed by atoms with Crippen LogP contribution < -0.4 is 22.1 Å². The van der Waals surface area contributed by atoms with Crippen molar-refractivity contribution in [2.75, 3.05) is 5.32 Å². The Morgan fingerprint density at radius 3 is 2.21 bits per heavy atom. The molecule has 4 aromatic rings. The standard InChI is InChI=1S/C25H23ClN4O3/c1-14-5-4-6-15(2)22(14)30-23-21(24(32)29(25(30)33)18-11-12-18)19(13-20(31)28(23)3)27-17-9-7-16(26)8-10-17/h4-10,13,18,27H,11-12H2,1-3H3. The Morgan fingerprint density at radius 1 is 0.970 bits per heavy atom. The largest absolute Gasteiger partial charge is 0.355 e. The zero-order chi connectivity index (χ0) is 23.4. The maximum atomic E-state index is 13.7. The molecule has 0 radical (unpaired) electrons. The van der Waals surface area contributed by atoms with Gasteiger partial charge in [-0.1, -0.05) is 29.8 Å². The second kappa shape index (κ2) is 7.78. The highest BCUT2D eigenvalue weighted by Crippen LogP contribution is 2.34. The van der Waals surface area contributed by atoms with Crippen LogP contribution in [0.5, 0.6) is 0 Å². The third-order valence-electron chi connectivity index (χ3n) is 6.15. The summed E-state index contributed by atoms with van der Waals surface area (Å²) in [6.07, 6.45) is 1.55. The van der Waals surface area contributed by atoms with Crippen molar-refractivity contribution in [3.8, 4) is 5.69 Å². The Bertz CT molecular complexity index is 1570. The molecule has 0 atom stereocenters. The molecule has 7 nitrogen and oxygen atoms in total. The van der Waals surface area contributed by atoms with Crippen LogP contribution in [0.3, 0.4) is 0 Å². The fourth-order valence-electron chi connectivity index (χ4n) is 4.37. The van der Waals surface area contributed by atoms with Crippen molar-refractivity contribution < 1.29 is 0 Å². The van der Waals surface area contributed by atoms with Crippen LogP contribution in [0.1, 0.15) is 30.0 Å². The Labute approximate surface area is 194 Å². The molecule has 1 fully saturated rings. The number of halogens is 1. The van der Waals surface area contributed by atoms with E-state index in [0.29, 0.717) is 27.5 Å². The van der Waals surface area contributed by atoms with Gasteiger partial charge in [0.2, 0.25) is 0 Å². The molecule has 2 aromatic carbocycles. The van der Waals surface area contributed by atoms with E-state index in [4.69, 9.17) is 11.6 Å². The van der Waals surface area contributed by atoms with E-state index in [-0.39, 0.29) is 17.2 Å². The minimum absolute atomic E-state index is 0.134. The predicted octanol–water partition coefficient (Wildman–Crippen LogP) is 4.20. The lowest BCUT2D eigenvalue weighted by atomic mass is 10.1. The summed E-state index contributed by atoms with van der Waals surface area (Å²) >= 11 is 6.01. The normalized spacial score (nSPS) is 13.5. The fourth-order valence-corrected chi connectivity index (χ4v) is 4.49. The van der Waals surface area contributed by atoms with Gasteiger partial charge in [0, 0.05) is 29.9 Å². The summed E-state index contributed by atoms with van der Waals surface area (Å²) in [5, 5.41) is 4.07. The van der Waals surface area contributed by atoms with Crippen molar-refractivity contribution in [1.82, 2.24) is 13.7 Å². The number of hydrogen-bond acceptors (Lipinski definition) is 4. The van der Waals surface area contributed by atoms with E-state index in [1.54, 1.807) is 31.3 Å². The van der Waals surface area contributed by atoms with Crippen LogP contribution in [0.4, 0.5) is 11.4 Å². The van der Waals surface area contributed by atoms with Crippen molar-refractivity contribution >= 4 is 34.0 Å². The number of nitrogens with zero attached hydrogens (tertiary/aromatic N) is 3. The highest BCUT2D eigenvalue weighted by atomic mass is 35.5. The Kier molecular flexibility index (Phi) is 5.01. The van der Waals surface area contributed by atoms with Gasteiger partial charge in [0.1, 0.15) is 11.0 Å². The van der Waals surface area contributed by atoms with Crippen LogP contribution in [0.15, 0.2) is 62.9 Å². The first kappa shape index (κ1) is 21.3. The van der Waals surface area contributed by atoms with E-state index in [1.807, 2.05) is 32.0 Å². The molecule has 0 aliphatic heterocycles. The average Bonchev–Trinajstić information content (AvgIpc) is 3.60. The van der Waals surface area contributed by atoms with E-state index in [1.165, 1.54) is 19.8 Å². The number of fused-ring (bicyclic) bond motifs is 1. The van der Waals surface area contributed by atoms with Crippen LogP contribution in [-0.2, 0) is 7.05 Å². The molecule has 2 heterocycles. The van der Waals surface area contributed by atoms with E-state index in [0.717, 1.165) is 24.0 Å². The Balaban J connectivity index is 1.94. The monoisotopic (exact) mass is 462 g/mol. The highest BCUT2D eigenvalue weighted by Gasteiger charge is 2.31. The Morgan fingerprint density at radius 2 is 1.61 bits per heavy atom. The first-order chi connectivity index (χ1) is 15.8. The third kappa shape index (κ3) is 3.49. The zero-order valence-corrected chi connectivity index (χ0v) is 19.3. The van der Waals surface area contributed by atoms with E-state index in [2.05, 4.69) is 5.32 Å². The van der Waals surface area contributed by atoms with Gasteiger partial charge in [-0.2, -0.15) is 0 Å². The SMILES string of the molecule is Cc1cccc(C)c1-n1c(=O)n(C2CC2)c(=O)c2c(Nc3ccc(Cl)cc3)cc(=O)n(C)c21. The predicted molar refractivity (Wildman–Crippen MR) is 132 cm³/mol. The number of anilines is 2. The molecular weight excluding hydrogens is 440 g/mol. The molecule has 1 aliphatic rings. The lowest BCUT2D eigenvalue weighted by Crippen LogP contribution is -2.41. The molecule has 1 saturated carbocycles. The molecule has 5 rings (SSSR count). The number of aryl methyl sites for hydroxylation is 3. The number of pyridine rings is 1. The number of benzene rings is 2. The quantitative estimate of drug-likeness (QED) is 0.493. The molecule has 0 spiro atoms. The maximum Gasteiger partial charge on any atom is 0.337 e. The topological polar surface area (TPSA) is 78.0 Å². The number of nitrogens with one attached hydrogen (secondary N) is 1. The first-order valence-electron chi connectivity index (χ1n) is 10.8. The summed E-state index contributed by atoms with van der Waals surface area (Å²) in [5.41, 5.74) is 2.58. The maximum absolute atomic E-state index is 13.7. The minimum Gasteiger partial charge on any atom is -0.355 e. The smallest absolute Gasteiger partial charge is 0.337 e. The summed E-state index contributed by atoms with van der Waals surface area (Å²) in [7, 11) is 1.58. The van der Waals surface area contributed by atoms with E-state index >= 15 is 0 Å². The lowest BCUT2D eigenvalue weighted by molar-refractivity contribution is 0.636. The summed E-state index contributed by atoms with van der Waals surface area (Å²) in [4.78, 5) is 40.4. The van der Waals surface area contributed by atoms with Gasteiger partial charge in [0.25, 0.3) is 11.1 Å². The number of hydrogen-bond donors (Lipinski definition) is 1. The van der Waals surface area contributed by atoms with Crippen molar-refractivity contribution in [2.45, 2.75) is 32.7 Å². The lowest BCUT2D eigenvalue weighted by Gasteiger charge is -2.21. The van der Waals surface area contributed by atoms with Crippen LogP contribution in [0.25, 0.3) is 16.7 Å². The van der Waals surface area contributed by atoms with Crippen molar-refractivity contribution in [3.05, 3.63) is 95.9 Å². The highest BCUT2D eigenvalue weighted by molar-refractivity contribution is 6.30. The van der Waals surface area contributed by atoms with Gasteiger partial charge in [0.05, 0.1) is 11.4 Å². The number of rotatable bonds is 4. The molecule has 33 heavy (non-hydrogen) atoms. The second-order valence-corrected chi connectivity index (χ2v) is 8.99. The van der Waals surface area contributed by atoms with Gasteiger partial charge in [-0.25, -0.2) is 9.36 Å². The second-order valence-electron chi connectivity index (χ2n) is 8.55.